The van der Waals surface area contributed by atoms with E-state index in [0.29, 0.717) is 23.2 Å². The fourth-order valence-electron chi connectivity index (χ4n) is 2.34. The molecule has 3 nitrogen and oxygen atoms in total. The Kier molecular flexibility index (Phi) is 6.32. The number of nitrogens with zero attached hydrogens (tertiary/aromatic N) is 1. The molecule has 0 aliphatic rings. The van der Waals surface area contributed by atoms with Crippen molar-refractivity contribution >= 4 is 34.5 Å². The van der Waals surface area contributed by atoms with Crippen LogP contribution in [0.2, 0.25) is 10.0 Å². The van der Waals surface area contributed by atoms with Gasteiger partial charge < -0.3 is 10.1 Å². The molecule has 0 aliphatic carbocycles. The SMILES string of the molecule is Cc1nc(COc2ccc(CNCc3ccc(Cl)cc3Cl)cc2)cs1. The molecule has 0 atom stereocenters. The topological polar surface area (TPSA) is 34.1 Å². The van der Waals surface area contributed by atoms with Gasteiger partial charge in [-0.1, -0.05) is 41.4 Å². The molecule has 130 valence electrons. The summed E-state index contributed by atoms with van der Waals surface area (Å²) in [6.45, 7) is 3.94. The maximum atomic E-state index is 6.17. The molecule has 0 radical (unpaired) electrons. The maximum absolute atomic E-state index is 6.17. The molecule has 0 fully saturated rings. The van der Waals surface area contributed by atoms with Crippen LogP contribution in [0.1, 0.15) is 21.8 Å². The number of thiazole rings is 1. The highest BCUT2D eigenvalue weighted by atomic mass is 35.5. The first-order valence-electron chi connectivity index (χ1n) is 7.87. The fourth-order valence-corrected chi connectivity index (χ4v) is 3.41. The smallest absolute Gasteiger partial charge is 0.131 e. The summed E-state index contributed by atoms with van der Waals surface area (Å²) in [7, 11) is 0. The van der Waals surface area contributed by atoms with Crippen LogP contribution in [0.3, 0.4) is 0 Å². The molecule has 0 saturated heterocycles. The number of nitrogens with one attached hydrogen (secondary N) is 1. The minimum atomic E-state index is 0.497. The van der Waals surface area contributed by atoms with Crippen LogP contribution in [-0.2, 0) is 19.7 Å². The number of benzene rings is 2. The van der Waals surface area contributed by atoms with Gasteiger partial charge in [0.2, 0.25) is 0 Å². The van der Waals surface area contributed by atoms with Crippen LogP contribution < -0.4 is 10.1 Å². The number of aryl methyl sites for hydroxylation is 1. The van der Waals surface area contributed by atoms with Gasteiger partial charge in [-0.05, 0) is 42.3 Å². The predicted molar refractivity (Wildman–Crippen MR) is 105 cm³/mol. The average molecular weight is 393 g/mol. The number of aromatic nitrogens is 1. The van der Waals surface area contributed by atoms with Gasteiger partial charge in [0.05, 0.1) is 10.7 Å². The zero-order chi connectivity index (χ0) is 17.6. The molecule has 3 rings (SSSR count). The second kappa shape index (κ2) is 8.68. The van der Waals surface area contributed by atoms with E-state index in [9.17, 15) is 0 Å². The van der Waals surface area contributed by atoms with Gasteiger partial charge in [0.25, 0.3) is 0 Å². The third-order valence-electron chi connectivity index (χ3n) is 3.64. The molecule has 0 spiro atoms. The van der Waals surface area contributed by atoms with Crippen LogP contribution in [0.5, 0.6) is 5.75 Å². The second-order valence-electron chi connectivity index (χ2n) is 5.63. The summed E-state index contributed by atoms with van der Waals surface area (Å²) in [5.41, 5.74) is 3.18. The Hall–Kier alpha value is -1.59. The lowest BCUT2D eigenvalue weighted by Gasteiger charge is -2.09. The number of rotatable bonds is 7. The Morgan fingerprint density at radius 2 is 1.88 bits per heavy atom. The molecule has 1 heterocycles. The average Bonchev–Trinajstić information content (AvgIpc) is 3.01. The molecular formula is C19H18Cl2N2OS. The Balaban J connectivity index is 1.47. The zero-order valence-corrected chi connectivity index (χ0v) is 16.1. The summed E-state index contributed by atoms with van der Waals surface area (Å²) in [5, 5.41) is 7.79. The summed E-state index contributed by atoms with van der Waals surface area (Å²) in [4.78, 5) is 4.39. The van der Waals surface area contributed by atoms with Crippen LogP contribution in [0, 0.1) is 6.92 Å². The highest BCUT2D eigenvalue weighted by molar-refractivity contribution is 7.09. The Morgan fingerprint density at radius 1 is 1.08 bits per heavy atom. The van der Waals surface area contributed by atoms with Gasteiger partial charge >= 0.3 is 0 Å². The molecule has 1 aromatic heterocycles. The molecule has 1 N–H and O–H groups in total. The van der Waals surface area contributed by atoms with Crippen LogP contribution in [0.25, 0.3) is 0 Å². The molecule has 2 aromatic carbocycles. The summed E-state index contributed by atoms with van der Waals surface area (Å²) in [6.07, 6.45) is 0. The van der Waals surface area contributed by atoms with Crippen LogP contribution in [0.15, 0.2) is 47.8 Å². The van der Waals surface area contributed by atoms with E-state index >= 15 is 0 Å². The Bertz CT molecular complexity index is 834. The van der Waals surface area contributed by atoms with E-state index in [1.54, 1.807) is 17.4 Å². The minimum Gasteiger partial charge on any atom is -0.487 e. The van der Waals surface area contributed by atoms with Crippen LogP contribution in [0.4, 0.5) is 0 Å². The molecule has 3 aromatic rings. The van der Waals surface area contributed by atoms with Crippen molar-refractivity contribution in [1.29, 1.82) is 0 Å². The first-order chi connectivity index (χ1) is 12.1. The highest BCUT2D eigenvalue weighted by Crippen LogP contribution is 2.21. The molecular weight excluding hydrogens is 375 g/mol. The Morgan fingerprint density at radius 3 is 2.56 bits per heavy atom. The second-order valence-corrected chi connectivity index (χ2v) is 7.54. The molecule has 0 bridgehead atoms. The van der Waals surface area contributed by atoms with Crippen molar-refractivity contribution in [3.05, 3.63) is 79.7 Å². The summed E-state index contributed by atoms with van der Waals surface area (Å²) >= 11 is 13.7. The van der Waals surface area contributed by atoms with Crippen molar-refractivity contribution < 1.29 is 4.74 Å². The van der Waals surface area contributed by atoms with E-state index in [1.165, 1.54) is 5.56 Å². The van der Waals surface area contributed by atoms with Crippen molar-refractivity contribution in [2.24, 2.45) is 0 Å². The largest absolute Gasteiger partial charge is 0.487 e. The molecule has 0 unspecified atom stereocenters. The van der Waals surface area contributed by atoms with Gasteiger partial charge in [0.15, 0.2) is 0 Å². The van der Waals surface area contributed by atoms with Crippen LogP contribution in [-0.4, -0.2) is 4.98 Å². The van der Waals surface area contributed by atoms with E-state index in [4.69, 9.17) is 27.9 Å². The summed E-state index contributed by atoms with van der Waals surface area (Å²) in [6, 6.07) is 13.6. The first kappa shape index (κ1) is 18.2. The third-order valence-corrected chi connectivity index (χ3v) is 5.05. The van der Waals surface area contributed by atoms with E-state index < -0.39 is 0 Å². The van der Waals surface area contributed by atoms with Crippen molar-refractivity contribution in [1.82, 2.24) is 10.3 Å². The number of ether oxygens (including phenoxy) is 1. The number of halogens is 2. The monoisotopic (exact) mass is 392 g/mol. The lowest BCUT2D eigenvalue weighted by molar-refractivity contribution is 0.302. The normalized spacial score (nSPS) is 10.8. The highest BCUT2D eigenvalue weighted by Gasteiger charge is 2.02. The summed E-state index contributed by atoms with van der Waals surface area (Å²) in [5.74, 6) is 0.843. The van der Waals surface area contributed by atoms with Gasteiger partial charge in [0.1, 0.15) is 12.4 Å². The maximum Gasteiger partial charge on any atom is 0.131 e. The minimum absolute atomic E-state index is 0.497. The quantitative estimate of drug-likeness (QED) is 0.565. The molecule has 6 heteroatoms. The van der Waals surface area contributed by atoms with Crippen molar-refractivity contribution in [3.8, 4) is 5.75 Å². The fraction of sp³-hybridized carbons (Fsp3) is 0.211. The molecule has 0 saturated carbocycles. The van der Waals surface area contributed by atoms with Gasteiger partial charge in [-0.3, -0.25) is 0 Å². The summed E-state index contributed by atoms with van der Waals surface area (Å²) < 4.78 is 5.75. The number of hydrogen-bond donors (Lipinski definition) is 1. The van der Waals surface area contributed by atoms with E-state index in [0.717, 1.165) is 28.6 Å². The lowest BCUT2D eigenvalue weighted by atomic mass is 10.2. The van der Waals surface area contributed by atoms with Gasteiger partial charge in [0, 0.05) is 28.5 Å². The van der Waals surface area contributed by atoms with E-state index in [2.05, 4.69) is 22.4 Å². The van der Waals surface area contributed by atoms with E-state index in [-0.39, 0.29) is 0 Å². The van der Waals surface area contributed by atoms with Crippen molar-refractivity contribution in [2.75, 3.05) is 0 Å². The van der Waals surface area contributed by atoms with Crippen LogP contribution >= 0.6 is 34.5 Å². The van der Waals surface area contributed by atoms with Crippen molar-refractivity contribution in [3.63, 3.8) is 0 Å². The standard InChI is InChI=1S/C19H18Cl2N2OS/c1-13-23-17(12-25-13)11-24-18-6-2-14(3-7-18)9-22-10-15-4-5-16(20)8-19(15)21/h2-8,12,22H,9-11H2,1H3. The number of hydrogen-bond acceptors (Lipinski definition) is 4. The van der Waals surface area contributed by atoms with Gasteiger partial charge in [-0.25, -0.2) is 4.98 Å². The van der Waals surface area contributed by atoms with Gasteiger partial charge in [-0.15, -0.1) is 11.3 Å². The zero-order valence-electron chi connectivity index (χ0n) is 13.8. The first-order valence-corrected chi connectivity index (χ1v) is 9.51. The molecule has 25 heavy (non-hydrogen) atoms. The van der Waals surface area contributed by atoms with E-state index in [1.807, 2.05) is 36.6 Å². The lowest BCUT2D eigenvalue weighted by Crippen LogP contribution is -2.12. The third kappa shape index (κ3) is 5.44. The molecule has 0 aliphatic heterocycles. The predicted octanol–water partition coefficient (Wildman–Crippen LogP) is 5.63. The van der Waals surface area contributed by atoms with Crippen molar-refractivity contribution in [2.45, 2.75) is 26.6 Å². The van der Waals surface area contributed by atoms with Gasteiger partial charge in [-0.2, -0.15) is 0 Å². The Labute approximate surface area is 161 Å². The molecule has 0 amide bonds.